The van der Waals surface area contributed by atoms with Crippen LogP contribution >= 0.6 is 11.3 Å². The van der Waals surface area contributed by atoms with Gasteiger partial charge in [0.25, 0.3) is 5.82 Å². The topological polar surface area (TPSA) is 90.2 Å². The van der Waals surface area contributed by atoms with E-state index in [1.165, 1.54) is 0 Å². The molecule has 2 rings (SSSR count). The number of hydrogen-bond acceptors (Lipinski definition) is 7. The maximum atomic E-state index is 12.1. The van der Waals surface area contributed by atoms with Crippen LogP contribution in [-0.2, 0) is 22.6 Å². The molecule has 0 radical (unpaired) electrons. The minimum atomic E-state index is -0.643. The molecule has 2 aromatic heterocycles. The van der Waals surface area contributed by atoms with Crippen molar-refractivity contribution >= 4 is 23.2 Å². The third-order valence-corrected chi connectivity index (χ3v) is 3.43. The van der Waals surface area contributed by atoms with Gasteiger partial charge in [-0.3, -0.25) is 4.79 Å². The normalized spacial score (nSPS) is 10.4. The van der Waals surface area contributed by atoms with Gasteiger partial charge in [-0.25, -0.2) is 9.48 Å². The number of hydrogen-bond donors (Lipinski definition) is 0. The zero-order chi connectivity index (χ0) is 15.2. The van der Waals surface area contributed by atoms with Gasteiger partial charge < -0.3 is 9.64 Å². The van der Waals surface area contributed by atoms with E-state index in [0.717, 1.165) is 10.2 Å². The van der Waals surface area contributed by atoms with E-state index in [-0.39, 0.29) is 24.9 Å². The van der Waals surface area contributed by atoms with E-state index >= 15 is 0 Å². The number of thiophene rings is 1. The van der Waals surface area contributed by atoms with Crippen LogP contribution in [0.25, 0.3) is 0 Å². The van der Waals surface area contributed by atoms with E-state index in [4.69, 9.17) is 4.74 Å². The van der Waals surface area contributed by atoms with Crippen LogP contribution in [0.3, 0.4) is 0 Å². The summed E-state index contributed by atoms with van der Waals surface area (Å²) in [6.45, 7) is 2.30. The second kappa shape index (κ2) is 6.93. The molecule has 0 bridgehead atoms. The smallest absolute Gasteiger partial charge is 0.378 e. The SMILES string of the molecule is CCOC(=O)c1nnnn1CC(=O)N(C)Cc1ccsc1. The maximum Gasteiger partial charge on any atom is 0.378 e. The zero-order valence-corrected chi connectivity index (χ0v) is 12.5. The Morgan fingerprint density at radius 1 is 1.48 bits per heavy atom. The van der Waals surface area contributed by atoms with Crippen molar-refractivity contribution in [3.63, 3.8) is 0 Å². The molecule has 0 atom stereocenters. The average molecular weight is 309 g/mol. The fraction of sp³-hybridized carbons (Fsp3) is 0.417. The summed E-state index contributed by atoms with van der Waals surface area (Å²) in [5.74, 6) is -0.913. The molecular weight excluding hydrogens is 294 g/mol. The van der Waals surface area contributed by atoms with E-state index in [1.54, 1.807) is 30.2 Å². The summed E-state index contributed by atoms with van der Waals surface area (Å²) < 4.78 is 5.97. The minimum Gasteiger partial charge on any atom is -0.460 e. The standard InChI is InChI=1S/C12H15N5O3S/c1-3-20-12(19)11-13-14-15-17(11)7-10(18)16(2)6-9-4-5-21-8-9/h4-5,8H,3,6-7H2,1-2H3. The predicted octanol–water partition coefficient (Wildman–Crippen LogP) is 0.570. The lowest BCUT2D eigenvalue weighted by Gasteiger charge is -2.16. The molecule has 1 amide bonds. The van der Waals surface area contributed by atoms with Crippen molar-refractivity contribution in [2.24, 2.45) is 0 Å². The molecule has 0 aromatic carbocycles. The molecule has 112 valence electrons. The van der Waals surface area contributed by atoms with E-state index in [9.17, 15) is 9.59 Å². The van der Waals surface area contributed by atoms with Crippen LogP contribution < -0.4 is 0 Å². The molecular formula is C12H15N5O3S. The van der Waals surface area contributed by atoms with Crippen molar-refractivity contribution in [3.8, 4) is 0 Å². The number of likely N-dealkylation sites (N-methyl/N-ethyl adjacent to an activating group) is 1. The summed E-state index contributed by atoms with van der Waals surface area (Å²) in [4.78, 5) is 25.3. The van der Waals surface area contributed by atoms with Gasteiger partial charge in [0.05, 0.1) is 6.61 Å². The number of aromatic nitrogens is 4. The van der Waals surface area contributed by atoms with Crippen LogP contribution in [0.5, 0.6) is 0 Å². The summed E-state index contributed by atoms with van der Waals surface area (Å²) in [5.41, 5.74) is 1.05. The average Bonchev–Trinajstić information content (AvgIpc) is 3.10. The van der Waals surface area contributed by atoms with Crippen molar-refractivity contribution in [2.45, 2.75) is 20.0 Å². The van der Waals surface area contributed by atoms with Crippen LogP contribution in [0, 0.1) is 0 Å². The molecule has 2 heterocycles. The van der Waals surface area contributed by atoms with Crippen molar-refractivity contribution in [1.82, 2.24) is 25.1 Å². The van der Waals surface area contributed by atoms with Gasteiger partial charge in [0.1, 0.15) is 6.54 Å². The summed E-state index contributed by atoms with van der Waals surface area (Å²) >= 11 is 1.57. The Bertz CT molecular complexity index is 610. The van der Waals surface area contributed by atoms with Gasteiger partial charge in [0.15, 0.2) is 0 Å². The quantitative estimate of drug-likeness (QED) is 0.725. The molecule has 0 unspecified atom stereocenters. The molecule has 0 fully saturated rings. The highest BCUT2D eigenvalue weighted by Crippen LogP contribution is 2.09. The minimum absolute atomic E-state index is 0.0749. The fourth-order valence-electron chi connectivity index (χ4n) is 1.65. The molecule has 21 heavy (non-hydrogen) atoms. The molecule has 0 N–H and O–H groups in total. The van der Waals surface area contributed by atoms with Crippen LogP contribution in [0.15, 0.2) is 16.8 Å². The monoisotopic (exact) mass is 309 g/mol. The third kappa shape index (κ3) is 3.85. The van der Waals surface area contributed by atoms with Gasteiger partial charge in [0.2, 0.25) is 5.91 Å². The van der Waals surface area contributed by atoms with E-state index in [0.29, 0.717) is 6.54 Å². The second-order valence-electron chi connectivity index (χ2n) is 4.26. The Morgan fingerprint density at radius 3 is 2.95 bits per heavy atom. The maximum absolute atomic E-state index is 12.1. The van der Waals surface area contributed by atoms with E-state index in [1.807, 2.05) is 16.8 Å². The highest BCUT2D eigenvalue weighted by atomic mass is 32.1. The summed E-state index contributed by atoms with van der Waals surface area (Å²) in [7, 11) is 1.69. The van der Waals surface area contributed by atoms with Crippen LogP contribution in [0.2, 0.25) is 0 Å². The Labute approximate surface area is 125 Å². The molecule has 8 nitrogen and oxygen atoms in total. The first-order chi connectivity index (χ1) is 10.1. The number of carbonyl (C=O) groups excluding carboxylic acids is 2. The van der Waals surface area contributed by atoms with Gasteiger partial charge in [-0.2, -0.15) is 11.3 Å². The molecule has 2 aromatic rings. The number of carbonyl (C=O) groups is 2. The van der Waals surface area contributed by atoms with Crippen molar-refractivity contribution in [3.05, 3.63) is 28.2 Å². The van der Waals surface area contributed by atoms with Gasteiger partial charge in [0, 0.05) is 13.6 Å². The zero-order valence-electron chi connectivity index (χ0n) is 11.7. The fourth-order valence-corrected chi connectivity index (χ4v) is 2.31. The van der Waals surface area contributed by atoms with Crippen molar-refractivity contribution < 1.29 is 14.3 Å². The van der Waals surface area contributed by atoms with Gasteiger partial charge in [-0.1, -0.05) is 0 Å². The van der Waals surface area contributed by atoms with Crippen LogP contribution in [0.4, 0.5) is 0 Å². The lowest BCUT2D eigenvalue weighted by molar-refractivity contribution is -0.131. The summed E-state index contributed by atoms with van der Waals surface area (Å²) in [6.07, 6.45) is 0. The van der Waals surface area contributed by atoms with E-state index < -0.39 is 5.97 Å². The number of rotatable bonds is 6. The van der Waals surface area contributed by atoms with Crippen LogP contribution in [-0.4, -0.2) is 50.6 Å². The lowest BCUT2D eigenvalue weighted by Crippen LogP contribution is -2.31. The van der Waals surface area contributed by atoms with Gasteiger partial charge in [-0.05, 0) is 39.7 Å². The molecule has 0 aliphatic heterocycles. The van der Waals surface area contributed by atoms with Crippen molar-refractivity contribution in [2.75, 3.05) is 13.7 Å². The number of tetrazole rings is 1. The largest absolute Gasteiger partial charge is 0.460 e. The Balaban J connectivity index is 1.99. The van der Waals surface area contributed by atoms with Crippen LogP contribution in [0.1, 0.15) is 23.1 Å². The Hall–Kier alpha value is -2.29. The summed E-state index contributed by atoms with van der Waals surface area (Å²) in [5, 5.41) is 14.6. The lowest BCUT2D eigenvalue weighted by atomic mass is 10.3. The molecule has 0 saturated carbocycles. The first-order valence-electron chi connectivity index (χ1n) is 6.30. The highest BCUT2D eigenvalue weighted by Gasteiger charge is 2.20. The number of ether oxygens (including phenoxy) is 1. The van der Waals surface area contributed by atoms with Crippen molar-refractivity contribution in [1.29, 1.82) is 0 Å². The summed E-state index contributed by atoms with van der Waals surface area (Å²) in [6, 6.07) is 1.95. The Morgan fingerprint density at radius 2 is 2.29 bits per heavy atom. The predicted molar refractivity (Wildman–Crippen MR) is 74.6 cm³/mol. The first kappa shape index (κ1) is 15.1. The molecule has 0 aliphatic rings. The highest BCUT2D eigenvalue weighted by molar-refractivity contribution is 7.07. The molecule has 0 aliphatic carbocycles. The molecule has 0 saturated heterocycles. The third-order valence-electron chi connectivity index (χ3n) is 2.70. The van der Waals surface area contributed by atoms with Gasteiger partial charge in [-0.15, -0.1) is 5.10 Å². The number of esters is 1. The Kier molecular flexibility index (Phi) is 4.99. The van der Waals surface area contributed by atoms with E-state index in [2.05, 4.69) is 15.5 Å². The first-order valence-corrected chi connectivity index (χ1v) is 7.24. The second-order valence-corrected chi connectivity index (χ2v) is 5.04. The number of nitrogens with zero attached hydrogens (tertiary/aromatic N) is 5. The number of amides is 1. The molecule has 0 spiro atoms. The molecule has 9 heteroatoms. The van der Waals surface area contributed by atoms with Gasteiger partial charge >= 0.3 is 5.97 Å².